The van der Waals surface area contributed by atoms with Gasteiger partial charge in [0.05, 0.1) is 0 Å². The molecule has 0 saturated carbocycles. The molecule has 1 aliphatic heterocycles. The fraction of sp³-hybridized carbons (Fsp3) is 0.286. The van der Waals surface area contributed by atoms with Crippen molar-refractivity contribution in [2.75, 3.05) is 17.8 Å². The summed E-state index contributed by atoms with van der Waals surface area (Å²) in [7, 11) is 0. The number of benzene rings is 1. The van der Waals surface area contributed by atoms with Crippen LogP contribution in [0.15, 0.2) is 30.4 Å². The Hall–Kier alpha value is -2.70. The minimum absolute atomic E-state index is 0.264. The Morgan fingerprint density at radius 2 is 2.14 bits per heavy atom. The summed E-state index contributed by atoms with van der Waals surface area (Å²) in [5.74, 6) is 2.27. The van der Waals surface area contributed by atoms with E-state index in [1.54, 1.807) is 0 Å². The standard InChI is InChI=1S/C10H11N5O2.C4H8/c11-9-13-10(15-14-9)12-4-6-2-1-3-7-8(6)17-5-16-7;1-3-4-2/h1-3H,4-5H2,(H4,11,12,13,14,15);3-4H,1-2H3/b;4-3-. The van der Waals surface area contributed by atoms with Gasteiger partial charge in [0.1, 0.15) is 0 Å². The Morgan fingerprint density at radius 1 is 1.33 bits per heavy atom. The third kappa shape index (κ3) is 3.88. The lowest BCUT2D eigenvalue weighted by molar-refractivity contribution is 0.173. The molecule has 1 aliphatic rings. The van der Waals surface area contributed by atoms with E-state index in [9.17, 15) is 0 Å². The van der Waals surface area contributed by atoms with Crippen molar-refractivity contribution in [1.82, 2.24) is 15.2 Å². The number of H-pyrrole nitrogens is 1. The van der Waals surface area contributed by atoms with Gasteiger partial charge in [0.2, 0.25) is 18.7 Å². The minimum Gasteiger partial charge on any atom is -0.454 e. The van der Waals surface area contributed by atoms with Crippen LogP contribution in [0.2, 0.25) is 0 Å². The van der Waals surface area contributed by atoms with Crippen molar-refractivity contribution in [3.63, 3.8) is 0 Å². The summed E-state index contributed by atoms with van der Waals surface area (Å²) in [4.78, 5) is 3.95. The number of nitrogens with one attached hydrogen (secondary N) is 2. The van der Waals surface area contributed by atoms with Gasteiger partial charge in [-0.2, -0.15) is 4.98 Å². The number of hydrogen-bond acceptors (Lipinski definition) is 6. The second kappa shape index (κ2) is 7.18. The van der Waals surface area contributed by atoms with Crippen molar-refractivity contribution < 1.29 is 9.47 Å². The molecule has 0 fully saturated rings. The zero-order valence-electron chi connectivity index (χ0n) is 12.1. The lowest BCUT2D eigenvalue weighted by Gasteiger charge is -2.05. The smallest absolute Gasteiger partial charge is 0.243 e. The van der Waals surface area contributed by atoms with E-state index in [4.69, 9.17) is 15.2 Å². The van der Waals surface area contributed by atoms with Gasteiger partial charge >= 0.3 is 0 Å². The van der Waals surface area contributed by atoms with Crippen molar-refractivity contribution in [3.8, 4) is 11.5 Å². The number of aromatic nitrogens is 3. The van der Waals surface area contributed by atoms with E-state index in [0.717, 1.165) is 17.1 Å². The Labute approximate surface area is 123 Å². The first-order chi connectivity index (χ1) is 10.2. The summed E-state index contributed by atoms with van der Waals surface area (Å²) in [5, 5.41) is 9.48. The van der Waals surface area contributed by atoms with Crippen molar-refractivity contribution in [3.05, 3.63) is 35.9 Å². The van der Waals surface area contributed by atoms with Crippen LogP contribution in [-0.4, -0.2) is 22.0 Å². The molecule has 1 aromatic heterocycles. The van der Waals surface area contributed by atoms with Crippen molar-refractivity contribution in [2.24, 2.45) is 0 Å². The second-order valence-electron chi connectivity index (χ2n) is 4.22. The van der Waals surface area contributed by atoms with Gasteiger partial charge in [0.15, 0.2) is 11.5 Å². The Morgan fingerprint density at radius 3 is 2.81 bits per heavy atom. The van der Waals surface area contributed by atoms with Crippen LogP contribution in [-0.2, 0) is 6.54 Å². The first kappa shape index (κ1) is 14.7. The average molecular weight is 289 g/mol. The summed E-state index contributed by atoms with van der Waals surface area (Å²) in [6.45, 7) is 4.81. The van der Waals surface area contributed by atoms with Crippen LogP contribution in [0.1, 0.15) is 19.4 Å². The fourth-order valence-electron chi connectivity index (χ4n) is 1.66. The van der Waals surface area contributed by atoms with Crippen LogP contribution in [0.3, 0.4) is 0 Å². The van der Waals surface area contributed by atoms with Gasteiger partial charge in [-0.1, -0.05) is 24.3 Å². The summed E-state index contributed by atoms with van der Waals surface area (Å²) < 4.78 is 10.7. The summed E-state index contributed by atoms with van der Waals surface area (Å²) >= 11 is 0. The van der Waals surface area contributed by atoms with E-state index >= 15 is 0 Å². The van der Waals surface area contributed by atoms with E-state index < -0.39 is 0 Å². The molecule has 2 aromatic rings. The molecule has 0 radical (unpaired) electrons. The Bertz CT molecular complexity index is 605. The Kier molecular flexibility index (Phi) is 5.03. The predicted molar refractivity (Wildman–Crippen MR) is 81.2 cm³/mol. The molecule has 7 heteroatoms. The first-order valence-electron chi connectivity index (χ1n) is 6.61. The third-order valence-corrected chi connectivity index (χ3v) is 2.75. The topological polar surface area (TPSA) is 98.1 Å². The number of ether oxygens (including phenoxy) is 2. The molecule has 21 heavy (non-hydrogen) atoms. The second-order valence-corrected chi connectivity index (χ2v) is 4.22. The zero-order chi connectivity index (χ0) is 15.1. The molecule has 0 bridgehead atoms. The maximum atomic E-state index is 5.42. The summed E-state index contributed by atoms with van der Waals surface area (Å²) in [6, 6.07) is 5.74. The highest BCUT2D eigenvalue weighted by Gasteiger charge is 2.16. The Balaban J connectivity index is 0.000000361. The molecular weight excluding hydrogens is 270 g/mol. The van der Waals surface area contributed by atoms with Crippen molar-refractivity contribution in [2.45, 2.75) is 20.4 Å². The first-order valence-corrected chi connectivity index (χ1v) is 6.61. The number of rotatable bonds is 3. The van der Waals surface area contributed by atoms with E-state index in [-0.39, 0.29) is 12.7 Å². The van der Waals surface area contributed by atoms with Gasteiger partial charge in [0.25, 0.3) is 0 Å². The van der Waals surface area contributed by atoms with Crippen LogP contribution in [0.4, 0.5) is 11.9 Å². The van der Waals surface area contributed by atoms with E-state index in [2.05, 4.69) is 20.5 Å². The van der Waals surface area contributed by atoms with Gasteiger partial charge in [0, 0.05) is 12.1 Å². The molecule has 3 rings (SSSR count). The number of para-hydroxylation sites is 1. The average Bonchev–Trinajstić information content (AvgIpc) is 3.14. The number of anilines is 2. The lowest BCUT2D eigenvalue weighted by atomic mass is 10.2. The van der Waals surface area contributed by atoms with Crippen LogP contribution in [0.5, 0.6) is 11.5 Å². The van der Waals surface area contributed by atoms with Gasteiger partial charge in [-0.25, -0.2) is 5.10 Å². The molecule has 112 valence electrons. The molecule has 7 nitrogen and oxygen atoms in total. The highest BCUT2D eigenvalue weighted by Crippen LogP contribution is 2.35. The van der Waals surface area contributed by atoms with Crippen LogP contribution in [0.25, 0.3) is 0 Å². The van der Waals surface area contributed by atoms with Crippen molar-refractivity contribution in [1.29, 1.82) is 0 Å². The SMILES string of the molecule is C/C=C\C.Nc1nc(NCc2cccc3c2OCO3)n[nH]1. The number of aromatic amines is 1. The number of nitrogens with two attached hydrogens (primary N) is 1. The van der Waals surface area contributed by atoms with E-state index in [1.165, 1.54) is 0 Å². The summed E-state index contributed by atoms with van der Waals surface area (Å²) in [5.41, 5.74) is 6.41. The molecule has 0 unspecified atom stereocenters. The number of hydrogen-bond donors (Lipinski definition) is 3. The van der Waals surface area contributed by atoms with E-state index in [0.29, 0.717) is 12.5 Å². The molecule has 0 aliphatic carbocycles. The van der Waals surface area contributed by atoms with Gasteiger partial charge < -0.3 is 20.5 Å². The lowest BCUT2D eigenvalue weighted by Crippen LogP contribution is -2.02. The van der Waals surface area contributed by atoms with Gasteiger partial charge in [-0.05, 0) is 19.9 Å². The normalized spacial score (nSPS) is 12.1. The fourth-order valence-corrected chi connectivity index (χ4v) is 1.66. The molecule has 0 atom stereocenters. The van der Waals surface area contributed by atoms with E-state index in [1.807, 2.05) is 44.2 Å². The van der Waals surface area contributed by atoms with Crippen LogP contribution < -0.4 is 20.5 Å². The zero-order valence-corrected chi connectivity index (χ0v) is 12.1. The molecule has 4 N–H and O–H groups in total. The highest BCUT2D eigenvalue weighted by molar-refractivity contribution is 5.49. The monoisotopic (exact) mass is 289 g/mol. The molecule has 1 aromatic carbocycles. The van der Waals surface area contributed by atoms with Crippen LogP contribution in [0, 0.1) is 0 Å². The highest BCUT2D eigenvalue weighted by atomic mass is 16.7. The van der Waals surface area contributed by atoms with Gasteiger partial charge in [-0.3, -0.25) is 0 Å². The predicted octanol–water partition coefficient (Wildman–Crippen LogP) is 2.31. The van der Waals surface area contributed by atoms with Crippen molar-refractivity contribution >= 4 is 11.9 Å². The number of allylic oxidation sites excluding steroid dienone is 2. The largest absolute Gasteiger partial charge is 0.454 e. The number of nitrogens with zero attached hydrogens (tertiary/aromatic N) is 2. The number of nitrogen functional groups attached to an aromatic ring is 1. The third-order valence-electron chi connectivity index (χ3n) is 2.75. The number of fused-ring (bicyclic) bond motifs is 1. The molecule has 0 saturated heterocycles. The summed E-state index contributed by atoms with van der Waals surface area (Å²) in [6.07, 6.45) is 4.00. The maximum absolute atomic E-state index is 5.42. The van der Waals surface area contributed by atoms with Crippen LogP contribution >= 0.6 is 0 Å². The van der Waals surface area contributed by atoms with Gasteiger partial charge in [-0.15, -0.1) is 5.10 Å². The molecular formula is C14H19N5O2. The molecule has 0 spiro atoms. The minimum atomic E-state index is 0.264. The molecule has 0 amide bonds. The maximum Gasteiger partial charge on any atom is 0.243 e. The molecule has 2 heterocycles. The quantitative estimate of drug-likeness (QED) is 0.750.